The van der Waals surface area contributed by atoms with Gasteiger partial charge < -0.3 is 4.74 Å². The van der Waals surface area contributed by atoms with E-state index in [2.05, 4.69) is 9.73 Å². The van der Waals surface area contributed by atoms with Crippen molar-refractivity contribution in [3.8, 4) is 0 Å². The summed E-state index contributed by atoms with van der Waals surface area (Å²) in [6.45, 7) is 1.62. The zero-order valence-electron chi connectivity index (χ0n) is 5.34. The van der Waals surface area contributed by atoms with Crippen molar-refractivity contribution in [2.24, 2.45) is 4.99 Å². The van der Waals surface area contributed by atoms with E-state index in [1.165, 1.54) is 13.3 Å². The Kier molecular flexibility index (Phi) is 3.27. The minimum absolute atomic E-state index is 0.375. The number of hydrogen-bond donors (Lipinski definition) is 1. The van der Waals surface area contributed by atoms with Crippen LogP contribution < -0.4 is 0 Å². The normalized spacial score (nSPS) is 9.56. The van der Waals surface area contributed by atoms with E-state index >= 15 is 0 Å². The zero-order valence-corrected chi connectivity index (χ0v) is 5.34. The third kappa shape index (κ3) is 2.58. The summed E-state index contributed by atoms with van der Waals surface area (Å²) < 4.78 is 4.19. The lowest BCUT2D eigenvalue weighted by Gasteiger charge is -1.91. The zero-order chi connectivity index (χ0) is 7.28. The number of methoxy groups -OCH3 is 1. The second kappa shape index (κ2) is 3.77. The molecule has 0 rings (SSSR count). The van der Waals surface area contributed by atoms with Gasteiger partial charge >= 0.3 is 5.97 Å². The van der Waals surface area contributed by atoms with Crippen molar-refractivity contribution in [2.75, 3.05) is 7.11 Å². The molecule has 0 aliphatic rings. The number of ether oxygens (including phenoxy) is 1. The maximum Gasteiger partial charge on any atom is 0.375 e. The summed E-state index contributed by atoms with van der Waals surface area (Å²) >= 11 is 0. The molecule has 0 spiro atoms. The first-order chi connectivity index (χ1) is 4.22. The molecule has 0 unspecified atom stereocenters. The SMILES string of the molecule is CC=NC(=N)C(=O)OC. The summed E-state index contributed by atoms with van der Waals surface area (Å²) in [5, 5.41) is 6.82. The van der Waals surface area contributed by atoms with Crippen LogP contribution >= 0.6 is 0 Å². The molecule has 0 aromatic heterocycles. The van der Waals surface area contributed by atoms with Gasteiger partial charge in [-0.25, -0.2) is 9.79 Å². The number of carbonyl (C=O) groups is 1. The summed E-state index contributed by atoms with van der Waals surface area (Å²) in [5.41, 5.74) is 0. The fourth-order valence-corrected chi connectivity index (χ4v) is 0.278. The Hall–Kier alpha value is -1.19. The highest BCUT2D eigenvalue weighted by molar-refractivity contribution is 6.35. The van der Waals surface area contributed by atoms with Crippen molar-refractivity contribution in [1.82, 2.24) is 0 Å². The van der Waals surface area contributed by atoms with E-state index in [1.54, 1.807) is 6.92 Å². The third-order valence-electron chi connectivity index (χ3n) is 0.637. The maximum atomic E-state index is 10.3. The van der Waals surface area contributed by atoms with Gasteiger partial charge in [0.2, 0.25) is 5.84 Å². The van der Waals surface area contributed by atoms with Gasteiger partial charge in [0.05, 0.1) is 7.11 Å². The molecule has 0 heterocycles. The van der Waals surface area contributed by atoms with Crippen LogP contribution in [0.5, 0.6) is 0 Å². The number of aliphatic imine (C=N–C) groups is 1. The number of rotatable bonds is 0. The van der Waals surface area contributed by atoms with E-state index in [4.69, 9.17) is 5.41 Å². The van der Waals surface area contributed by atoms with Crippen LogP contribution in [0, 0.1) is 5.41 Å². The van der Waals surface area contributed by atoms with E-state index in [9.17, 15) is 4.79 Å². The summed E-state index contributed by atoms with van der Waals surface area (Å²) in [6.07, 6.45) is 1.36. The van der Waals surface area contributed by atoms with Gasteiger partial charge in [-0.05, 0) is 6.92 Å². The van der Waals surface area contributed by atoms with Crippen molar-refractivity contribution >= 4 is 18.0 Å². The Morgan fingerprint density at radius 1 is 1.78 bits per heavy atom. The van der Waals surface area contributed by atoms with Crippen molar-refractivity contribution in [2.45, 2.75) is 6.92 Å². The van der Waals surface area contributed by atoms with Gasteiger partial charge in [0, 0.05) is 6.21 Å². The van der Waals surface area contributed by atoms with Crippen molar-refractivity contribution < 1.29 is 9.53 Å². The first-order valence-electron chi connectivity index (χ1n) is 2.38. The summed E-state index contributed by atoms with van der Waals surface area (Å²) in [5.74, 6) is -1.09. The Balaban J connectivity index is 3.89. The first kappa shape index (κ1) is 7.81. The second-order valence-electron chi connectivity index (χ2n) is 1.23. The predicted molar refractivity (Wildman–Crippen MR) is 33.9 cm³/mol. The average Bonchev–Trinajstić information content (AvgIpc) is 1.87. The number of nitrogens with one attached hydrogen (secondary N) is 1. The third-order valence-corrected chi connectivity index (χ3v) is 0.637. The van der Waals surface area contributed by atoms with Crippen LogP contribution in [-0.4, -0.2) is 25.1 Å². The molecule has 9 heavy (non-hydrogen) atoms. The number of carbonyl (C=O) groups excluding carboxylic acids is 1. The molecule has 50 valence electrons. The molecule has 0 bridgehead atoms. The molecule has 4 nitrogen and oxygen atoms in total. The van der Waals surface area contributed by atoms with Gasteiger partial charge in [0.15, 0.2) is 0 Å². The van der Waals surface area contributed by atoms with Crippen LogP contribution in [0.3, 0.4) is 0 Å². The highest BCUT2D eigenvalue weighted by Gasteiger charge is 2.04. The van der Waals surface area contributed by atoms with Crippen LogP contribution in [0.1, 0.15) is 6.92 Å². The minimum Gasteiger partial charge on any atom is -0.463 e. The van der Waals surface area contributed by atoms with Gasteiger partial charge in [0.1, 0.15) is 0 Å². The van der Waals surface area contributed by atoms with Gasteiger partial charge in [-0.3, -0.25) is 5.41 Å². The predicted octanol–water partition coefficient (Wildman–Crippen LogP) is 0.227. The van der Waals surface area contributed by atoms with Gasteiger partial charge in [-0.1, -0.05) is 0 Å². The molecule has 0 fully saturated rings. The highest BCUT2D eigenvalue weighted by Crippen LogP contribution is 1.78. The lowest BCUT2D eigenvalue weighted by molar-refractivity contribution is -0.132. The summed E-state index contributed by atoms with van der Waals surface area (Å²) in [6, 6.07) is 0. The van der Waals surface area contributed by atoms with Crippen LogP contribution in [0.2, 0.25) is 0 Å². The standard InChI is InChI=1S/C5H8N2O2/c1-3-7-4(6)5(8)9-2/h3,6H,1-2H3. The number of amidine groups is 1. The van der Waals surface area contributed by atoms with Crippen LogP contribution in [-0.2, 0) is 9.53 Å². The topological polar surface area (TPSA) is 62.5 Å². The van der Waals surface area contributed by atoms with E-state index in [0.717, 1.165) is 0 Å². The van der Waals surface area contributed by atoms with Gasteiger partial charge in [-0.2, -0.15) is 0 Å². The maximum absolute atomic E-state index is 10.3. The molecule has 0 atom stereocenters. The van der Waals surface area contributed by atoms with E-state index in [0.29, 0.717) is 0 Å². The van der Waals surface area contributed by atoms with Crippen molar-refractivity contribution in [3.05, 3.63) is 0 Å². The molecule has 1 N–H and O–H groups in total. The number of esters is 1. The van der Waals surface area contributed by atoms with E-state index in [1.807, 2.05) is 0 Å². The smallest absolute Gasteiger partial charge is 0.375 e. The molecular formula is C5H8N2O2. The molecule has 0 saturated heterocycles. The van der Waals surface area contributed by atoms with Gasteiger partial charge in [-0.15, -0.1) is 0 Å². The molecule has 0 aliphatic carbocycles. The quantitative estimate of drug-likeness (QED) is 0.288. The number of hydrogen-bond acceptors (Lipinski definition) is 3. The minimum atomic E-state index is -0.715. The van der Waals surface area contributed by atoms with E-state index < -0.39 is 5.97 Å². The monoisotopic (exact) mass is 128 g/mol. The second-order valence-corrected chi connectivity index (χ2v) is 1.23. The largest absolute Gasteiger partial charge is 0.463 e. The Morgan fingerprint density at radius 3 is 2.67 bits per heavy atom. The van der Waals surface area contributed by atoms with Crippen molar-refractivity contribution in [1.29, 1.82) is 5.41 Å². The van der Waals surface area contributed by atoms with Crippen LogP contribution in [0.4, 0.5) is 0 Å². The molecule has 0 aromatic rings. The first-order valence-corrected chi connectivity index (χ1v) is 2.38. The fraction of sp³-hybridized carbons (Fsp3) is 0.400. The van der Waals surface area contributed by atoms with Crippen LogP contribution in [0.15, 0.2) is 4.99 Å². The highest BCUT2D eigenvalue weighted by atomic mass is 16.5. The molecule has 4 heteroatoms. The lowest BCUT2D eigenvalue weighted by atomic mass is 10.6. The Morgan fingerprint density at radius 2 is 2.33 bits per heavy atom. The van der Waals surface area contributed by atoms with Gasteiger partial charge in [0.25, 0.3) is 0 Å². The van der Waals surface area contributed by atoms with Crippen LogP contribution in [0.25, 0.3) is 0 Å². The molecule has 0 radical (unpaired) electrons. The lowest BCUT2D eigenvalue weighted by Crippen LogP contribution is -2.11. The fourth-order valence-electron chi connectivity index (χ4n) is 0.278. The number of nitrogens with zero attached hydrogens (tertiary/aromatic N) is 1. The molecule has 0 aliphatic heterocycles. The van der Waals surface area contributed by atoms with E-state index in [-0.39, 0.29) is 5.84 Å². The Bertz CT molecular complexity index is 151. The molecule has 0 saturated carbocycles. The summed E-state index contributed by atoms with van der Waals surface area (Å²) in [4.78, 5) is 13.7. The average molecular weight is 128 g/mol. The molecule has 0 aromatic carbocycles. The molecular weight excluding hydrogens is 120 g/mol. The molecule has 0 amide bonds. The Labute approximate surface area is 53.1 Å². The summed E-state index contributed by atoms with van der Waals surface area (Å²) in [7, 11) is 1.21. The van der Waals surface area contributed by atoms with Crippen molar-refractivity contribution in [3.63, 3.8) is 0 Å².